The quantitative estimate of drug-likeness (QED) is 0.826. The van der Waals surface area contributed by atoms with E-state index in [0.717, 1.165) is 54.3 Å². The molecule has 1 aromatic rings. The van der Waals surface area contributed by atoms with E-state index in [2.05, 4.69) is 26.1 Å². The second-order valence-corrected chi connectivity index (χ2v) is 6.98. The summed E-state index contributed by atoms with van der Waals surface area (Å²) in [5.74, 6) is 1.61. The van der Waals surface area contributed by atoms with E-state index in [9.17, 15) is 0 Å². The molecule has 1 heterocycles. The van der Waals surface area contributed by atoms with Crippen molar-refractivity contribution in [2.24, 2.45) is 0 Å². The smallest absolute Gasteiger partial charge is 0.162 e. The van der Waals surface area contributed by atoms with Crippen LogP contribution in [0, 0.1) is 0 Å². The predicted octanol–water partition coefficient (Wildman–Crippen LogP) is 4.21. The second-order valence-electron chi connectivity index (χ2n) is 6.57. The molecule has 1 aliphatic heterocycles. The number of ether oxygens (including phenoxy) is 2. The molecule has 0 saturated heterocycles. The molecule has 1 aliphatic rings. The molecular weight excluding hydrogens is 286 g/mol. The van der Waals surface area contributed by atoms with Gasteiger partial charge in [0, 0.05) is 23.0 Å². The fourth-order valence-corrected chi connectivity index (χ4v) is 2.57. The first-order valence-electron chi connectivity index (χ1n) is 7.79. The van der Waals surface area contributed by atoms with E-state index in [0.29, 0.717) is 13.2 Å². The van der Waals surface area contributed by atoms with Gasteiger partial charge in [0.25, 0.3) is 0 Å². The lowest BCUT2D eigenvalue weighted by atomic mass is 10.1. The molecule has 0 aliphatic carbocycles. The van der Waals surface area contributed by atoms with Gasteiger partial charge in [-0.25, -0.2) is 0 Å². The highest BCUT2D eigenvalue weighted by Crippen LogP contribution is 2.35. The molecule has 4 heteroatoms. The molecule has 118 valence electrons. The second kappa shape index (κ2) is 7.37. The Kier molecular flexibility index (Phi) is 5.77. The van der Waals surface area contributed by atoms with Gasteiger partial charge in [-0.2, -0.15) is 0 Å². The number of halogens is 1. The third kappa shape index (κ3) is 5.40. The molecule has 0 bridgehead atoms. The Balaban J connectivity index is 1.87. The lowest BCUT2D eigenvalue weighted by molar-refractivity contribution is 0.297. The fraction of sp³-hybridized carbons (Fsp3) is 0.647. The molecule has 0 spiro atoms. The molecular formula is C17H26ClNO2. The van der Waals surface area contributed by atoms with Gasteiger partial charge >= 0.3 is 0 Å². The Hall–Kier alpha value is -0.930. The zero-order chi connectivity index (χ0) is 15.3. The maximum Gasteiger partial charge on any atom is 0.162 e. The number of aryl methyl sites for hydroxylation is 1. The molecule has 3 nitrogen and oxygen atoms in total. The van der Waals surface area contributed by atoms with Crippen LogP contribution in [0.15, 0.2) is 12.1 Å². The highest BCUT2D eigenvalue weighted by molar-refractivity contribution is 6.31. The Morgan fingerprint density at radius 2 is 1.76 bits per heavy atom. The van der Waals surface area contributed by atoms with E-state index >= 15 is 0 Å². The molecule has 2 rings (SSSR count). The van der Waals surface area contributed by atoms with Crippen LogP contribution < -0.4 is 14.8 Å². The van der Waals surface area contributed by atoms with Gasteiger partial charge in [0.1, 0.15) is 0 Å². The van der Waals surface area contributed by atoms with Crippen molar-refractivity contribution in [3.63, 3.8) is 0 Å². The summed E-state index contributed by atoms with van der Waals surface area (Å²) < 4.78 is 11.4. The van der Waals surface area contributed by atoms with E-state index < -0.39 is 0 Å². The van der Waals surface area contributed by atoms with Gasteiger partial charge in [0.05, 0.1) is 13.2 Å². The summed E-state index contributed by atoms with van der Waals surface area (Å²) in [5.41, 5.74) is 1.34. The Labute approximate surface area is 133 Å². The van der Waals surface area contributed by atoms with Crippen LogP contribution in [-0.4, -0.2) is 25.3 Å². The van der Waals surface area contributed by atoms with Crippen molar-refractivity contribution in [2.75, 3.05) is 19.8 Å². The highest BCUT2D eigenvalue weighted by atomic mass is 35.5. The first kappa shape index (κ1) is 16.4. The van der Waals surface area contributed by atoms with Crippen LogP contribution in [0.4, 0.5) is 0 Å². The summed E-state index contributed by atoms with van der Waals surface area (Å²) in [4.78, 5) is 0. The van der Waals surface area contributed by atoms with Gasteiger partial charge in [-0.3, -0.25) is 0 Å². The molecule has 0 saturated carbocycles. The molecule has 1 aromatic carbocycles. The van der Waals surface area contributed by atoms with Crippen LogP contribution in [0.2, 0.25) is 5.02 Å². The van der Waals surface area contributed by atoms with E-state index in [4.69, 9.17) is 21.1 Å². The normalized spacial score (nSPS) is 14.9. The zero-order valence-electron chi connectivity index (χ0n) is 13.3. The van der Waals surface area contributed by atoms with Gasteiger partial charge in [-0.1, -0.05) is 11.6 Å². The molecule has 21 heavy (non-hydrogen) atoms. The minimum absolute atomic E-state index is 0.187. The number of hydrogen-bond acceptors (Lipinski definition) is 3. The van der Waals surface area contributed by atoms with E-state index in [1.165, 1.54) is 0 Å². The molecule has 0 aromatic heterocycles. The number of fused-ring (bicyclic) bond motifs is 1. The van der Waals surface area contributed by atoms with Crippen molar-refractivity contribution in [2.45, 2.75) is 52.0 Å². The number of rotatable bonds is 5. The Morgan fingerprint density at radius 1 is 1.10 bits per heavy atom. The molecule has 0 atom stereocenters. The first-order chi connectivity index (χ1) is 9.96. The van der Waals surface area contributed by atoms with Gasteiger partial charge in [0.2, 0.25) is 0 Å². The lowest BCUT2D eigenvalue weighted by Crippen LogP contribution is -2.36. The highest BCUT2D eigenvalue weighted by Gasteiger charge is 2.14. The largest absolute Gasteiger partial charge is 0.490 e. The van der Waals surface area contributed by atoms with E-state index in [1.54, 1.807) is 0 Å². The average Bonchev–Trinajstić information content (AvgIpc) is 2.62. The summed E-state index contributed by atoms with van der Waals surface area (Å²) >= 11 is 6.35. The van der Waals surface area contributed by atoms with Crippen molar-refractivity contribution in [3.8, 4) is 11.5 Å². The van der Waals surface area contributed by atoms with E-state index in [-0.39, 0.29) is 5.54 Å². The third-order valence-corrected chi connectivity index (χ3v) is 3.80. The van der Waals surface area contributed by atoms with Crippen molar-refractivity contribution >= 4 is 11.6 Å². The molecule has 1 N–H and O–H groups in total. The maximum atomic E-state index is 6.35. The minimum Gasteiger partial charge on any atom is -0.490 e. The zero-order valence-corrected chi connectivity index (χ0v) is 14.1. The topological polar surface area (TPSA) is 30.5 Å². The van der Waals surface area contributed by atoms with Crippen LogP contribution in [0.1, 0.15) is 45.6 Å². The standard InChI is InChI=1S/C17H26ClNO2/c1-17(2,3)19-8-5-4-7-13-11-15-16(12-14(13)18)21-10-6-9-20-15/h11-12,19H,4-10H2,1-3H3. The molecule has 0 unspecified atom stereocenters. The van der Waals surface area contributed by atoms with Crippen LogP contribution in [0.3, 0.4) is 0 Å². The summed E-state index contributed by atoms with van der Waals surface area (Å²) in [6, 6.07) is 3.94. The Morgan fingerprint density at radius 3 is 2.43 bits per heavy atom. The lowest BCUT2D eigenvalue weighted by Gasteiger charge is -2.20. The van der Waals surface area contributed by atoms with Crippen molar-refractivity contribution in [3.05, 3.63) is 22.7 Å². The van der Waals surface area contributed by atoms with Crippen molar-refractivity contribution < 1.29 is 9.47 Å². The van der Waals surface area contributed by atoms with Gasteiger partial charge in [-0.15, -0.1) is 0 Å². The SMILES string of the molecule is CC(C)(C)NCCCCc1cc2c(cc1Cl)OCCCO2. The predicted molar refractivity (Wildman–Crippen MR) is 87.8 cm³/mol. The van der Waals surface area contributed by atoms with Gasteiger partial charge in [-0.05, 0) is 58.2 Å². The molecule has 0 radical (unpaired) electrons. The minimum atomic E-state index is 0.187. The van der Waals surface area contributed by atoms with E-state index in [1.807, 2.05) is 12.1 Å². The molecule has 0 fully saturated rings. The first-order valence-corrected chi connectivity index (χ1v) is 8.16. The van der Waals surface area contributed by atoms with Crippen LogP contribution in [-0.2, 0) is 6.42 Å². The van der Waals surface area contributed by atoms with Crippen LogP contribution in [0.25, 0.3) is 0 Å². The van der Waals surface area contributed by atoms with Gasteiger partial charge < -0.3 is 14.8 Å². The summed E-state index contributed by atoms with van der Waals surface area (Å²) in [7, 11) is 0. The van der Waals surface area contributed by atoms with Gasteiger partial charge in [0.15, 0.2) is 11.5 Å². The maximum absolute atomic E-state index is 6.35. The Bertz CT molecular complexity index is 469. The summed E-state index contributed by atoms with van der Waals surface area (Å²) in [6.45, 7) is 9.01. The summed E-state index contributed by atoms with van der Waals surface area (Å²) in [5, 5.41) is 4.28. The number of hydrogen-bond donors (Lipinski definition) is 1. The summed E-state index contributed by atoms with van der Waals surface area (Å²) in [6.07, 6.45) is 4.14. The third-order valence-electron chi connectivity index (χ3n) is 3.44. The number of benzene rings is 1. The van der Waals surface area contributed by atoms with Crippen molar-refractivity contribution in [1.29, 1.82) is 0 Å². The fourth-order valence-electron chi connectivity index (χ4n) is 2.32. The average molecular weight is 312 g/mol. The molecule has 0 amide bonds. The van der Waals surface area contributed by atoms with Crippen LogP contribution in [0.5, 0.6) is 11.5 Å². The monoisotopic (exact) mass is 311 g/mol. The van der Waals surface area contributed by atoms with Crippen LogP contribution >= 0.6 is 11.6 Å². The van der Waals surface area contributed by atoms with Crippen molar-refractivity contribution in [1.82, 2.24) is 5.32 Å². The number of nitrogens with one attached hydrogen (secondary N) is 1. The number of unbranched alkanes of at least 4 members (excludes halogenated alkanes) is 1.